The molecular formula is C23H23N3O2S2. The normalized spacial score (nSPS) is 16.0. The predicted octanol–water partition coefficient (Wildman–Crippen LogP) is 4.68. The number of hydrogen-bond acceptors (Lipinski definition) is 5. The summed E-state index contributed by atoms with van der Waals surface area (Å²) in [6, 6.07) is 17.9. The molecule has 0 aliphatic carbocycles. The molecule has 1 aliphatic heterocycles. The summed E-state index contributed by atoms with van der Waals surface area (Å²) in [5.74, 6) is -0.526. The minimum atomic E-state index is -0.299. The fourth-order valence-electron chi connectivity index (χ4n) is 3.21. The lowest BCUT2D eigenvalue weighted by atomic mass is 9.87. The number of hydrogen-bond donors (Lipinski definition) is 2. The van der Waals surface area contributed by atoms with Gasteiger partial charge in [-0.1, -0.05) is 43.0 Å². The molecule has 1 atom stereocenters. The zero-order valence-corrected chi connectivity index (χ0v) is 18.5. The predicted molar refractivity (Wildman–Crippen MR) is 123 cm³/mol. The SMILES string of the molecule is CCc1ccc(NC(=O)CSC2=C(C#N)[C@@H](c3ccc(SC)cc3)CC(=O)N2)cc1. The first-order valence-corrected chi connectivity index (χ1v) is 11.8. The summed E-state index contributed by atoms with van der Waals surface area (Å²) in [5.41, 5.74) is 3.36. The molecule has 0 aromatic heterocycles. The average Bonchev–Trinajstić information content (AvgIpc) is 2.78. The number of benzene rings is 2. The lowest BCUT2D eigenvalue weighted by Crippen LogP contribution is -2.31. The van der Waals surface area contributed by atoms with Crippen LogP contribution >= 0.6 is 23.5 Å². The second kappa shape index (κ2) is 10.4. The van der Waals surface area contributed by atoms with Crippen molar-refractivity contribution in [1.82, 2.24) is 5.32 Å². The molecule has 0 fully saturated rings. The van der Waals surface area contributed by atoms with Crippen LogP contribution in [0.1, 0.15) is 30.4 Å². The fourth-order valence-corrected chi connectivity index (χ4v) is 4.50. The lowest BCUT2D eigenvalue weighted by molar-refractivity contribution is -0.121. The largest absolute Gasteiger partial charge is 0.325 e. The molecule has 0 bridgehead atoms. The number of aryl methyl sites for hydroxylation is 1. The summed E-state index contributed by atoms with van der Waals surface area (Å²) in [6.45, 7) is 2.08. The molecule has 0 spiro atoms. The number of nitrogens with zero attached hydrogens (tertiary/aromatic N) is 1. The zero-order chi connectivity index (χ0) is 21.5. The Morgan fingerprint density at radius 3 is 2.50 bits per heavy atom. The average molecular weight is 438 g/mol. The summed E-state index contributed by atoms with van der Waals surface area (Å²) in [4.78, 5) is 25.7. The number of allylic oxidation sites excluding steroid dienone is 1. The van der Waals surface area contributed by atoms with Crippen molar-refractivity contribution in [3.8, 4) is 6.07 Å². The van der Waals surface area contributed by atoms with E-state index in [1.807, 2.05) is 54.8 Å². The Morgan fingerprint density at radius 1 is 1.20 bits per heavy atom. The Morgan fingerprint density at radius 2 is 1.90 bits per heavy atom. The lowest BCUT2D eigenvalue weighted by Gasteiger charge is -2.25. The van der Waals surface area contributed by atoms with Gasteiger partial charge in [0.05, 0.1) is 22.4 Å². The Labute approximate surface area is 185 Å². The molecule has 0 saturated heterocycles. The van der Waals surface area contributed by atoms with Crippen molar-refractivity contribution in [2.75, 3.05) is 17.3 Å². The maximum atomic E-state index is 12.4. The van der Waals surface area contributed by atoms with E-state index in [9.17, 15) is 14.9 Å². The molecule has 2 aromatic rings. The van der Waals surface area contributed by atoms with Gasteiger partial charge in [-0.2, -0.15) is 5.26 Å². The highest BCUT2D eigenvalue weighted by molar-refractivity contribution is 8.03. The third kappa shape index (κ3) is 5.47. The van der Waals surface area contributed by atoms with Crippen molar-refractivity contribution < 1.29 is 9.59 Å². The second-order valence-corrected chi connectivity index (χ2v) is 8.69. The summed E-state index contributed by atoms with van der Waals surface area (Å²) >= 11 is 2.82. The first-order valence-electron chi connectivity index (χ1n) is 9.63. The summed E-state index contributed by atoms with van der Waals surface area (Å²) in [5, 5.41) is 15.8. The van der Waals surface area contributed by atoms with Crippen LogP contribution in [0.3, 0.4) is 0 Å². The van der Waals surface area contributed by atoms with E-state index in [-0.39, 0.29) is 29.9 Å². The van der Waals surface area contributed by atoms with Gasteiger partial charge in [0.2, 0.25) is 11.8 Å². The zero-order valence-electron chi connectivity index (χ0n) is 16.9. The highest BCUT2D eigenvalue weighted by atomic mass is 32.2. The molecule has 1 aliphatic rings. The van der Waals surface area contributed by atoms with Crippen LogP contribution in [0, 0.1) is 11.3 Å². The van der Waals surface area contributed by atoms with E-state index in [2.05, 4.69) is 23.6 Å². The third-order valence-corrected chi connectivity index (χ3v) is 6.63. The van der Waals surface area contributed by atoms with Gasteiger partial charge in [0.1, 0.15) is 0 Å². The fraction of sp³-hybridized carbons (Fsp3) is 0.261. The van der Waals surface area contributed by atoms with Crippen molar-refractivity contribution in [3.05, 3.63) is 70.3 Å². The number of nitriles is 1. The Bertz CT molecular complexity index is 993. The van der Waals surface area contributed by atoms with Gasteiger partial charge in [0.25, 0.3) is 0 Å². The molecule has 2 amide bonds. The van der Waals surface area contributed by atoms with Crippen LogP contribution in [-0.4, -0.2) is 23.8 Å². The quantitative estimate of drug-likeness (QED) is 0.615. The van der Waals surface area contributed by atoms with E-state index in [1.165, 1.54) is 17.3 Å². The van der Waals surface area contributed by atoms with Crippen LogP contribution in [0.25, 0.3) is 0 Å². The monoisotopic (exact) mass is 437 g/mol. The standard InChI is InChI=1S/C23H23N3O2S2/c1-3-15-4-8-17(9-5-15)25-22(28)14-30-23-20(13-24)19(12-21(27)26-23)16-6-10-18(29-2)11-7-16/h4-11,19H,3,12,14H2,1-2H3,(H,25,28)(H,26,27)/t19-/m1/s1. The highest BCUT2D eigenvalue weighted by Gasteiger charge is 2.29. The molecule has 30 heavy (non-hydrogen) atoms. The van der Waals surface area contributed by atoms with E-state index in [0.29, 0.717) is 10.6 Å². The first kappa shape index (κ1) is 22.0. The van der Waals surface area contributed by atoms with E-state index >= 15 is 0 Å². The van der Waals surface area contributed by atoms with Crippen molar-refractivity contribution in [1.29, 1.82) is 5.26 Å². The molecule has 154 valence electrons. The number of carbonyl (C=O) groups is 2. The molecule has 3 rings (SSSR count). The van der Waals surface area contributed by atoms with Gasteiger partial charge in [-0.05, 0) is 48.1 Å². The van der Waals surface area contributed by atoms with Gasteiger partial charge in [-0.15, -0.1) is 11.8 Å². The summed E-state index contributed by atoms with van der Waals surface area (Å²) in [6.07, 6.45) is 3.17. The molecular weight excluding hydrogens is 414 g/mol. The van der Waals surface area contributed by atoms with Crippen molar-refractivity contribution in [2.45, 2.75) is 30.6 Å². The molecule has 2 aromatic carbocycles. The van der Waals surface area contributed by atoms with Crippen LogP contribution in [0.5, 0.6) is 0 Å². The molecule has 0 unspecified atom stereocenters. The van der Waals surface area contributed by atoms with E-state index in [4.69, 9.17) is 0 Å². The van der Waals surface area contributed by atoms with Gasteiger partial charge in [0.15, 0.2) is 0 Å². The molecule has 2 N–H and O–H groups in total. The smallest absolute Gasteiger partial charge is 0.234 e. The van der Waals surface area contributed by atoms with Crippen LogP contribution < -0.4 is 10.6 Å². The van der Waals surface area contributed by atoms with Gasteiger partial charge >= 0.3 is 0 Å². The molecule has 1 heterocycles. The minimum absolute atomic E-state index is 0.106. The van der Waals surface area contributed by atoms with Crippen molar-refractivity contribution in [3.63, 3.8) is 0 Å². The topological polar surface area (TPSA) is 82.0 Å². The van der Waals surface area contributed by atoms with Crippen molar-refractivity contribution in [2.24, 2.45) is 0 Å². The van der Waals surface area contributed by atoms with Crippen molar-refractivity contribution >= 4 is 41.0 Å². The van der Waals surface area contributed by atoms with Crippen LogP contribution in [-0.2, 0) is 16.0 Å². The number of rotatable bonds is 7. The summed E-state index contributed by atoms with van der Waals surface area (Å²) < 4.78 is 0. The molecule has 7 heteroatoms. The van der Waals surface area contributed by atoms with Crippen LogP contribution in [0.15, 0.2) is 64.0 Å². The van der Waals surface area contributed by atoms with Crippen LogP contribution in [0.4, 0.5) is 5.69 Å². The van der Waals surface area contributed by atoms with Gasteiger partial charge < -0.3 is 10.6 Å². The Hall–Kier alpha value is -2.69. The van der Waals surface area contributed by atoms with Gasteiger partial charge in [0, 0.05) is 22.9 Å². The summed E-state index contributed by atoms with van der Waals surface area (Å²) in [7, 11) is 0. The Kier molecular flexibility index (Phi) is 7.61. The number of carbonyl (C=O) groups excluding carboxylic acids is 2. The van der Waals surface area contributed by atoms with E-state index in [0.717, 1.165) is 22.6 Å². The number of amides is 2. The van der Waals surface area contributed by atoms with E-state index in [1.54, 1.807) is 11.8 Å². The molecule has 5 nitrogen and oxygen atoms in total. The van der Waals surface area contributed by atoms with Crippen LogP contribution in [0.2, 0.25) is 0 Å². The maximum absolute atomic E-state index is 12.4. The number of nitrogens with one attached hydrogen (secondary N) is 2. The Balaban J connectivity index is 1.71. The second-order valence-electron chi connectivity index (χ2n) is 6.82. The third-order valence-electron chi connectivity index (χ3n) is 4.87. The molecule has 0 radical (unpaired) electrons. The first-order chi connectivity index (χ1) is 14.5. The van der Waals surface area contributed by atoms with Gasteiger partial charge in [-0.25, -0.2) is 0 Å². The molecule has 0 saturated carbocycles. The maximum Gasteiger partial charge on any atom is 0.234 e. The van der Waals surface area contributed by atoms with E-state index < -0.39 is 0 Å². The minimum Gasteiger partial charge on any atom is -0.325 e. The number of anilines is 1. The van der Waals surface area contributed by atoms with Gasteiger partial charge in [-0.3, -0.25) is 9.59 Å². The highest BCUT2D eigenvalue weighted by Crippen LogP contribution is 2.36. The number of thioether (sulfide) groups is 2.